The summed E-state index contributed by atoms with van der Waals surface area (Å²) < 4.78 is 0. The molecule has 7 heteroatoms. The fraction of sp³-hybridized carbons (Fsp3) is 0.700. The Morgan fingerprint density at radius 2 is 2.00 bits per heavy atom. The molecule has 0 bridgehead atoms. The van der Waals surface area contributed by atoms with Gasteiger partial charge in [-0.2, -0.15) is 0 Å². The molecular weight excluding hydrogens is 226 g/mol. The van der Waals surface area contributed by atoms with Gasteiger partial charge in [0.15, 0.2) is 0 Å². The van der Waals surface area contributed by atoms with Gasteiger partial charge in [-0.25, -0.2) is 4.79 Å². The van der Waals surface area contributed by atoms with Gasteiger partial charge >= 0.3 is 12.0 Å². The van der Waals surface area contributed by atoms with Crippen LogP contribution in [0.4, 0.5) is 4.79 Å². The van der Waals surface area contributed by atoms with Gasteiger partial charge in [0.25, 0.3) is 0 Å². The molecule has 0 aromatic carbocycles. The molecule has 0 aromatic heterocycles. The van der Waals surface area contributed by atoms with Crippen molar-refractivity contribution >= 4 is 17.9 Å². The largest absolute Gasteiger partial charge is 0.480 e. The van der Waals surface area contributed by atoms with E-state index in [0.717, 1.165) is 12.8 Å². The number of imide groups is 1. The lowest BCUT2D eigenvalue weighted by Gasteiger charge is -2.12. The Labute approximate surface area is 98.9 Å². The van der Waals surface area contributed by atoms with Crippen LogP contribution in [-0.4, -0.2) is 42.1 Å². The predicted molar refractivity (Wildman–Crippen MR) is 59.4 cm³/mol. The Balaban J connectivity index is 2.26. The van der Waals surface area contributed by atoms with Crippen molar-refractivity contribution in [2.24, 2.45) is 5.92 Å². The summed E-state index contributed by atoms with van der Waals surface area (Å²) in [6.45, 7) is 1.98. The van der Waals surface area contributed by atoms with Gasteiger partial charge in [0, 0.05) is 6.54 Å². The van der Waals surface area contributed by atoms with Crippen LogP contribution in [0.2, 0.25) is 0 Å². The summed E-state index contributed by atoms with van der Waals surface area (Å²) in [5, 5.41) is 16.0. The number of hydrogen-bond donors (Lipinski definition) is 4. The molecular formula is C10H17N3O4. The molecule has 1 aliphatic rings. The standard InChI is InChI=1S/C10H17N3O4/c1-2-11-10(17)13-7(14)5-12-8(9(15)16)6-3-4-6/h6,8,12H,2-5H2,1H3,(H,15,16)(H2,11,13,14,17). The second-order valence-electron chi connectivity index (χ2n) is 3.94. The van der Waals surface area contributed by atoms with E-state index in [1.807, 2.05) is 0 Å². The first kappa shape index (κ1) is 13.4. The van der Waals surface area contributed by atoms with E-state index in [1.54, 1.807) is 6.92 Å². The van der Waals surface area contributed by atoms with Crippen LogP contribution >= 0.6 is 0 Å². The number of hydrogen-bond acceptors (Lipinski definition) is 4. The molecule has 7 nitrogen and oxygen atoms in total. The van der Waals surface area contributed by atoms with Crippen molar-refractivity contribution in [2.75, 3.05) is 13.1 Å². The predicted octanol–water partition coefficient (Wildman–Crippen LogP) is -0.715. The molecule has 3 amide bonds. The second-order valence-corrected chi connectivity index (χ2v) is 3.94. The van der Waals surface area contributed by atoms with Crippen molar-refractivity contribution < 1.29 is 19.5 Å². The monoisotopic (exact) mass is 243 g/mol. The summed E-state index contributed by atoms with van der Waals surface area (Å²) >= 11 is 0. The van der Waals surface area contributed by atoms with Gasteiger partial charge in [-0.05, 0) is 25.7 Å². The minimum Gasteiger partial charge on any atom is -0.480 e. The number of amides is 3. The Morgan fingerprint density at radius 1 is 1.35 bits per heavy atom. The zero-order chi connectivity index (χ0) is 12.8. The van der Waals surface area contributed by atoms with Crippen LogP contribution in [0.25, 0.3) is 0 Å². The minimum atomic E-state index is -0.960. The third-order valence-electron chi connectivity index (χ3n) is 2.43. The maximum absolute atomic E-state index is 11.3. The molecule has 1 aliphatic carbocycles. The van der Waals surface area contributed by atoms with E-state index in [4.69, 9.17) is 5.11 Å². The first-order valence-corrected chi connectivity index (χ1v) is 5.58. The van der Waals surface area contributed by atoms with E-state index < -0.39 is 23.9 Å². The van der Waals surface area contributed by atoms with E-state index >= 15 is 0 Å². The van der Waals surface area contributed by atoms with Crippen molar-refractivity contribution in [1.29, 1.82) is 0 Å². The number of carboxylic acids is 1. The zero-order valence-electron chi connectivity index (χ0n) is 9.66. The molecule has 4 N–H and O–H groups in total. The summed E-state index contributed by atoms with van der Waals surface area (Å²) in [5.74, 6) is -1.40. The molecule has 1 atom stereocenters. The highest BCUT2D eigenvalue weighted by atomic mass is 16.4. The van der Waals surface area contributed by atoms with Crippen molar-refractivity contribution in [3.05, 3.63) is 0 Å². The second kappa shape index (κ2) is 6.19. The molecule has 1 saturated carbocycles. The van der Waals surface area contributed by atoms with Crippen molar-refractivity contribution in [3.63, 3.8) is 0 Å². The third-order valence-corrected chi connectivity index (χ3v) is 2.43. The van der Waals surface area contributed by atoms with E-state index in [-0.39, 0.29) is 12.5 Å². The average molecular weight is 243 g/mol. The highest BCUT2D eigenvalue weighted by molar-refractivity contribution is 5.95. The first-order chi connectivity index (χ1) is 8.04. The number of carbonyl (C=O) groups is 3. The molecule has 0 heterocycles. The van der Waals surface area contributed by atoms with Crippen LogP contribution in [-0.2, 0) is 9.59 Å². The number of aliphatic carboxylic acids is 1. The van der Waals surface area contributed by atoms with Gasteiger partial charge < -0.3 is 10.4 Å². The summed E-state index contributed by atoms with van der Waals surface area (Å²) in [6, 6.07) is -1.27. The van der Waals surface area contributed by atoms with E-state index in [0.29, 0.717) is 6.54 Å². The molecule has 1 unspecified atom stereocenters. The molecule has 96 valence electrons. The van der Waals surface area contributed by atoms with Crippen LogP contribution in [0.1, 0.15) is 19.8 Å². The van der Waals surface area contributed by atoms with Crippen LogP contribution < -0.4 is 16.0 Å². The summed E-state index contributed by atoms with van der Waals surface area (Å²) in [5.41, 5.74) is 0. The lowest BCUT2D eigenvalue weighted by Crippen LogP contribution is -2.47. The Hall–Kier alpha value is -1.63. The summed E-state index contributed by atoms with van der Waals surface area (Å²) in [4.78, 5) is 33.1. The van der Waals surface area contributed by atoms with Gasteiger partial charge in [0.05, 0.1) is 6.54 Å². The summed E-state index contributed by atoms with van der Waals surface area (Å²) in [6.07, 6.45) is 1.73. The van der Waals surface area contributed by atoms with Gasteiger partial charge in [0.1, 0.15) is 6.04 Å². The Bertz CT molecular complexity index is 315. The van der Waals surface area contributed by atoms with E-state index in [9.17, 15) is 14.4 Å². The Kier molecular flexibility index (Phi) is 4.89. The molecule has 1 rings (SSSR count). The van der Waals surface area contributed by atoms with Gasteiger partial charge in [-0.3, -0.25) is 20.2 Å². The number of urea groups is 1. The van der Waals surface area contributed by atoms with Gasteiger partial charge in [-0.1, -0.05) is 0 Å². The quantitative estimate of drug-likeness (QED) is 0.492. The maximum Gasteiger partial charge on any atom is 0.321 e. The van der Waals surface area contributed by atoms with Crippen molar-refractivity contribution in [1.82, 2.24) is 16.0 Å². The van der Waals surface area contributed by atoms with Crippen LogP contribution in [0.5, 0.6) is 0 Å². The highest BCUT2D eigenvalue weighted by Gasteiger charge is 2.36. The minimum absolute atomic E-state index is 0.102. The van der Waals surface area contributed by atoms with Gasteiger partial charge in [0.2, 0.25) is 5.91 Å². The van der Waals surface area contributed by atoms with Gasteiger partial charge in [-0.15, -0.1) is 0 Å². The third kappa shape index (κ3) is 4.81. The fourth-order valence-corrected chi connectivity index (χ4v) is 1.46. The van der Waals surface area contributed by atoms with Crippen LogP contribution in [0.15, 0.2) is 0 Å². The topological polar surface area (TPSA) is 108 Å². The molecule has 0 aliphatic heterocycles. The van der Waals surface area contributed by atoms with E-state index in [1.165, 1.54) is 0 Å². The fourth-order valence-electron chi connectivity index (χ4n) is 1.46. The maximum atomic E-state index is 11.3. The number of carboxylic acid groups (broad SMARTS) is 1. The highest BCUT2D eigenvalue weighted by Crippen LogP contribution is 2.32. The number of rotatable bonds is 6. The zero-order valence-corrected chi connectivity index (χ0v) is 9.66. The lowest BCUT2D eigenvalue weighted by atomic mass is 10.2. The van der Waals surface area contributed by atoms with Crippen molar-refractivity contribution in [3.8, 4) is 0 Å². The molecule has 0 saturated heterocycles. The van der Waals surface area contributed by atoms with E-state index in [2.05, 4.69) is 16.0 Å². The van der Waals surface area contributed by atoms with Crippen LogP contribution in [0, 0.1) is 5.92 Å². The molecule has 17 heavy (non-hydrogen) atoms. The molecule has 0 aromatic rings. The number of carbonyl (C=O) groups excluding carboxylic acids is 2. The lowest BCUT2D eigenvalue weighted by molar-refractivity contribution is -0.140. The first-order valence-electron chi connectivity index (χ1n) is 5.58. The molecule has 1 fully saturated rings. The average Bonchev–Trinajstić information content (AvgIpc) is 3.01. The number of nitrogens with one attached hydrogen (secondary N) is 3. The van der Waals surface area contributed by atoms with Crippen molar-refractivity contribution in [2.45, 2.75) is 25.8 Å². The normalized spacial score (nSPS) is 16.1. The Morgan fingerprint density at radius 3 is 2.47 bits per heavy atom. The molecule has 0 radical (unpaired) electrons. The summed E-state index contributed by atoms with van der Waals surface area (Å²) in [7, 11) is 0. The van der Waals surface area contributed by atoms with Crippen LogP contribution in [0.3, 0.4) is 0 Å². The SMILES string of the molecule is CCNC(=O)NC(=O)CNC(C(=O)O)C1CC1. The smallest absolute Gasteiger partial charge is 0.321 e. The molecule has 0 spiro atoms.